The average Bonchev–Trinajstić information content (AvgIpc) is 2.30. The van der Waals surface area contributed by atoms with Gasteiger partial charge in [0.05, 0.1) is 0 Å². The zero-order valence-electron chi connectivity index (χ0n) is 11.5. The highest BCUT2D eigenvalue weighted by atomic mass is 127. The standard InChI is InChI=1S/C13H22N4.HI/c1-14-13(15-2)16-9-11-6-5-7-12(8-11)10-17(3)4;/h5-8H,9-10H2,1-4H3,(H2,14,15,16);1H. The Hall–Kier alpha value is -0.820. The number of benzene rings is 1. The molecule has 0 fully saturated rings. The molecule has 0 spiro atoms. The van der Waals surface area contributed by atoms with Gasteiger partial charge < -0.3 is 15.5 Å². The van der Waals surface area contributed by atoms with Gasteiger partial charge in [0.1, 0.15) is 0 Å². The van der Waals surface area contributed by atoms with Crippen molar-refractivity contribution in [2.24, 2.45) is 4.99 Å². The lowest BCUT2D eigenvalue weighted by molar-refractivity contribution is 0.402. The molecule has 0 saturated heterocycles. The molecule has 0 aromatic heterocycles. The van der Waals surface area contributed by atoms with Crippen molar-refractivity contribution in [2.45, 2.75) is 13.1 Å². The summed E-state index contributed by atoms with van der Waals surface area (Å²) in [7, 11) is 7.78. The Morgan fingerprint density at radius 2 is 1.94 bits per heavy atom. The summed E-state index contributed by atoms with van der Waals surface area (Å²) in [6.07, 6.45) is 0. The van der Waals surface area contributed by atoms with Crippen LogP contribution in [0, 0.1) is 0 Å². The van der Waals surface area contributed by atoms with Crippen LogP contribution in [-0.2, 0) is 13.1 Å². The van der Waals surface area contributed by atoms with Crippen molar-refractivity contribution < 1.29 is 0 Å². The predicted octanol–water partition coefficient (Wildman–Crippen LogP) is 1.66. The van der Waals surface area contributed by atoms with Crippen molar-refractivity contribution in [2.75, 3.05) is 28.2 Å². The van der Waals surface area contributed by atoms with Crippen LogP contribution in [0.25, 0.3) is 0 Å². The average molecular weight is 362 g/mol. The second-order valence-corrected chi connectivity index (χ2v) is 4.23. The Balaban J connectivity index is 0.00000289. The molecule has 18 heavy (non-hydrogen) atoms. The SMILES string of the molecule is CN=C(NC)NCc1cccc(CN(C)C)c1.I. The first-order valence-electron chi connectivity index (χ1n) is 5.76. The van der Waals surface area contributed by atoms with Gasteiger partial charge in [0, 0.05) is 27.2 Å². The second-order valence-electron chi connectivity index (χ2n) is 4.23. The summed E-state index contributed by atoms with van der Waals surface area (Å²) in [5.74, 6) is 0.808. The van der Waals surface area contributed by atoms with Gasteiger partial charge in [0.25, 0.3) is 0 Å². The van der Waals surface area contributed by atoms with E-state index in [1.807, 2.05) is 7.05 Å². The molecule has 2 N–H and O–H groups in total. The maximum atomic E-state index is 4.08. The summed E-state index contributed by atoms with van der Waals surface area (Å²) < 4.78 is 0. The van der Waals surface area contributed by atoms with Gasteiger partial charge in [-0.1, -0.05) is 24.3 Å². The van der Waals surface area contributed by atoms with Crippen molar-refractivity contribution in [3.8, 4) is 0 Å². The van der Waals surface area contributed by atoms with E-state index in [2.05, 4.69) is 58.9 Å². The molecule has 0 atom stereocenters. The molecule has 0 heterocycles. The van der Waals surface area contributed by atoms with Gasteiger partial charge in [0.2, 0.25) is 0 Å². The molecule has 0 amide bonds. The fourth-order valence-electron chi connectivity index (χ4n) is 1.67. The third-order valence-corrected chi connectivity index (χ3v) is 2.41. The van der Waals surface area contributed by atoms with Crippen LogP contribution in [0.3, 0.4) is 0 Å². The second kappa shape index (κ2) is 9.16. The number of rotatable bonds is 4. The molecule has 0 radical (unpaired) electrons. The van der Waals surface area contributed by atoms with Crippen LogP contribution in [-0.4, -0.2) is 39.1 Å². The normalized spacial score (nSPS) is 11.1. The molecule has 0 saturated carbocycles. The van der Waals surface area contributed by atoms with Gasteiger partial charge in [-0.2, -0.15) is 0 Å². The van der Waals surface area contributed by atoms with Crippen molar-refractivity contribution in [1.29, 1.82) is 0 Å². The van der Waals surface area contributed by atoms with Gasteiger partial charge >= 0.3 is 0 Å². The summed E-state index contributed by atoms with van der Waals surface area (Å²) in [6.45, 7) is 1.75. The Morgan fingerprint density at radius 1 is 1.28 bits per heavy atom. The molecule has 1 aromatic carbocycles. The quantitative estimate of drug-likeness (QED) is 0.486. The van der Waals surface area contributed by atoms with Crippen LogP contribution in [0.4, 0.5) is 0 Å². The molecular weight excluding hydrogens is 339 g/mol. The van der Waals surface area contributed by atoms with E-state index >= 15 is 0 Å². The van der Waals surface area contributed by atoms with E-state index in [-0.39, 0.29) is 24.0 Å². The first-order chi connectivity index (χ1) is 8.15. The van der Waals surface area contributed by atoms with Crippen LogP contribution in [0.1, 0.15) is 11.1 Å². The van der Waals surface area contributed by atoms with Crippen LogP contribution in [0.2, 0.25) is 0 Å². The van der Waals surface area contributed by atoms with Gasteiger partial charge in [-0.05, 0) is 25.2 Å². The zero-order valence-corrected chi connectivity index (χ0v) is 13.9. The number of nitrogens with one attached hydrogen (secondary N) is 2. The van der Waals surface area contributed by atoms with E-state index in [0.717, 1.165) is 19.0 Å². The molecule has 0 bridgehead atoms. The van der Waals surface area contributed by atoms with E-state index in [4.69, 9.17) is 0 Å². The Morgan fingerprint density at radius 3 is 2.50 bits per heavy atom. The minimum absolute atomic E-state index is 0. The van der Waals surface area contributed by atoms with Crippen molar-refractivity contribution in [3.05, 3.63) is 35.4 Å². The lowest BCUT2D eigenvalue weighted by Crippen LogP contribution is -2.34. The number of hydrogen-bond acceptors (Lipinski definition) is 2. The summed E-state index contributed by atoms with van der Waals surface area (Å²) in [6, 6.07) is 8.58. The lowest BCUT2D eigenvalue weighted by Gasteiger charge is -2.12. The van der Waals surface area contributed by atoms with Crippen LogP contribution >= 0.6 is 24.0 Å². The lowest BCUT2D eigenvalue weighted by atomic mass is 10.1. The molecule has 0 aliphatic heterocycles. The van der Waals surface area contributed by atoms with Gasteiger partial charge in [-0.25, -0.2) is 0 Å². The first kappa shape index (κ1) is 17.2. The predicted molar refractivity (Wildman–Crippen MR) is 88.5 cm³/mol. The monoisotopic (exact) mass is 362 g/mol. The molecule has 5 heteroatoms. The topological polar surface area (TPSA) is 39.7 Å². The molecule has 0 unspecified atom stereocenters. The molecule has 4 nitrogen and oxygen atoms in total. The summed E-state index contributed by atoms with van der Waals surface area (Å²) >= 11 is 0. The fraction of sp³-hybridized carbons (Fsp3) is 0.462. The summed E-state index contributed by atoms with van der Waals surface area (Å²) in [5.41, 5.74) is 2.59. The van der Waals surface area contributed by atoms with Gasteiger partial charge in [-0.3, -0.25) is 4.99 Å². The number of nitrogens with zero attached hydrogens (tertiary/aromatic N) is 2. The molecular formula is C13H23IN4. The van der Waals surface area contributed by atoms with E-state index in [1.54, 1.807) is 7.05 Å². The number of halogens is 1. The first-order valence-corrected chi connectivity index (χ1v) is 5.76. The minimum Gasteiger partial charge on any atom is -0.359 e. The van der Waals surface area contributed by atoms with Gasteiger partial charge in [-0.15, -0.1) is 24.0 Å². The van der Waals surface area contributed by atoms with E-state index in [0.29, 0.717) is 0 Å². The Bertz CT molecular complexity index is 377. The highest BCUT2D eigenvalue weighted by Gasteiger charge is 1.99. The third-order valence-electron chi connectivity index (χ3n) is 2.41. The smallest absolute Gasteiger partial charge is 0.190 e. The van der Waals surface area contributed by atoms with Crippen LogP contribution in [0.15, 0.2) is 29.3 Å². The maximum Gasteiger partial charge on any atom is 0.190 e. The maximum absolute atomic E-state index is 4.08. The molecule has 1 rings (SSSR count). The Labute approximate surface area is 127 Å². The summed E-state index contributed by atoms with van der Waals surface area (Å²) in [5, 5.41) is 6.24. The third kappa shape index (κ3) is 6.20. The number of aliphatic imine (C=N–C) groups is 1. The molecule has 0 aliphatic carbocycles. The Kier molecular flexibility index (Phi) is 8.74. The van der Waals surface area contributed by atoms with Crippen molar-refractivity contribution >= 4 is 29.9 Å². The van der Waals surface area contributed by atoms with Crippen molar-refractivity contribution in [1.82, 2.24) is 15.5 Å². The molecule has 1 aromatic rings. The highest BCUT2D eigenvalue weighted by Crippen LogP contribution is 2.06. The molecule has 0 aliphatic rings. The largest absolute Gasteiger partial charge is 0.359 e. The summed E-state index contributed by atoms with van der Waals surface area (Å²) in [4.78, 5) is 6.24. The van der Waals surface area contributed by atoms with Crippen LogP contribution in [0.5, 0.6) is 0 Å². The van der Waals surface area contributed by atoms with E-state index in [9.17, 15) is 0 Å². The van der Waals surface area contributed by atoms with E-state index < -0.39 is 0 Å². The minimum atomic E-state index is 0. The molecule has 102 valence electrons. The zero-order chi connectivity index (χ0) is 12.7. The van der Waals surface area contributed by atoms with Crippen molar-refractivity contribution in [3.63, 3.8) is 0 Å². The van der Waals surface area contributed by atoms with E-state index in [1.165, 1.54) is 11.1 Å². The number of hydrogen-bond donors (Lipinski definition) is 2. The van der Waals surface area contributed by atoms with Crippen LogP contribution < -0.4 is 10.6 Å². The van der Waals surface area contributed by atoms with Gasteiger partial charge in [0.15, 0.2) is 5.96 Å². The number of guanidine groups is 1. The fourth-order valence-corrected chi connectivity index (χ4v) is 1.67. The highest BCUT2D eigenvalue weighted by molar-refractivity contribution is 14.0.